The van der Waals surface area contributed by atoms with Gasteiger partial charge in [-0.1, -0.05) is 12.8 Å². The molecule has 4 aliphatic rings. The molecule has 0 saturated heterocycles. The largest absolute Gasteiger partial charge is 0.0527 e. The van der Waals surface area contributed by atoms with Gasteiger partial charge in [-0.15, -0.1) is 0 Å². The third-order valence-electron chi connectivity index (χ3n) is 4.40. The topological polar surface area (TPSA) is 0 Å². The normalized spacial score (nSPS) is 48.0. The molecule has 2 bridgehead atoms. The maximum atomic E-state index is 1.62. The zero-order chi connectivity index (χ0) is 6.60. The fourth-order valence-electron chi connectivity index (χ4n) is 3.84. The summed E-state index contributed by atoms with van der Waals surface area (Å²) < 4.78 is 0. The third kappa shape index (κ3) is 0.500. The molecule has 0 amide bonds. The number of rotatable bonds is 0. The van der Waals surface area contributed by atoms with Crippen LogP contribution in [-0.2, 0) is 0 Å². The Labute approximate surface area is 63.0 Å². The lowest BCUT2D eigenvalue weighted by molar-refractivity contribution is 0.190. The molecule has 10 heavy (non-hydrogen) atoms. The molecule has 0 radical (unpaired) electrons. The van der Waals surface area contributed by atoms with Crippen molar-refractivity contribution in [1.29, 1.82) is 0 Å². The smallest absolute Gasteiger partial charge is 0.0266 e. The van der Waals surface area contributed by atoms with E-state index in [1.165, 1.54) is 11.8 Å². The highest BCUT2D eigenvalue weighted by molar-refractivity contribution is 5.05. The average Bonchev–Trinajstić information content (AvgIpc) is 2.45. The maximum absolute atomic E-state index is 1.62. The van der Waals surface area contributed by atoms with Crippen LogP contribution in [-0.4, -0.2) is 0 Å². The van der Waals surface area contributed by atoms with Gasteiger partial charge in [0.25, 0.3) is 0 Å². The predicted molar refractivity (Wildman–Crippen MR) is 41.7 cm³/mol. The molecular weight excluding hydrogens is 120 g/mol. The molecule has 0 aliphatic heterocycles. The predicted octanol–water partition coefficient (Wildman–Crippen LogP) is 2.98. The second kappa shape index (κ2) is 1.60. The van der Waals surface area contributed by atoms with E-state index in [1.807, 2.05) is 0 Å². The van der Waals surface area contributed by atoms with Crippen molar-refractivity contribution in [2.75, 3.05) is 0 Å². The molecule has 56 valence electrons. The monoisotopic (exact) mass is 136 g/mol. The molecule has 0 unspecified atom stereocenters. The first-order valence-corrected chi connectivity index (χ1v) is 4.89. The first-order chi connectivity index (χ1) is 4.89. The highest BCUT2D eigenvalue weighted by Gasteiger charge is 2.55. The van der Waals surface area contributed by atoms with E-state index in [2.05, 4.69) is 0 Å². The van der Waals surface area contributed by atoms with Gasteiger partial charge in [-0.05, 0) is 49.4 Å². The maximum Gasteiger partial charge on any atom is -0.0266 e. The van der Waals surface area contributed by atoms with Crippen molar-refractivity contribution in [3.63, 3.8) is 0 Å². The van der Waals surface area contributed by atoms with Crippen molar-refractivity contribution >= 4 is 0 Å². The summed E-state index contributed by atoms with van der Waals surface area (Å²) in [6, 6.07) is 0. The minimum atomic E-state index is 0.921. The van der Waals surface area contributed by atoms with Crippen molar-refractivity contribution < 1.29 is 0 Å². The van der Waals surface area contributed by atoms with Crippen molar-refractivity contribution in [1.82, 2.24) is 0 Å². The molecule has 1 spiro atoms. The van der Waals surface area contributed by atoms with E-state index < -0.39 is 0 Å². The third-order valence-corrected chi connectivity index (χ3v) is 4.40. The lowest BCUT2D eigenvalue weighted by Gasteiger charge is -2.31. The van der Waals surface area contributed by atoms with Crippen LogP contribution in [0, 0.1) is 17.3 Å². The van der Waals surface area contributed by atoms with E-state index >= 15 is 0 Å². The van der Waals surface area contributed by atoms with Gasteiger partial charge in [-0.3, -0.25) is 0 Å². The lowest BCUT2D eigenvalue weighted by Crippen LogP contribution is -2.21. The molecule has 0 aromatic rings. The van der Waals surface area contributed by atoms with Gasteiger partial charge in [0.1, 0.15) is 0 Å². The Morgan fingerprint density at radius 1 is 1.00 bits per heavy atom. The first kappa shape index (κ1) is 5.62. The second-order valence-electron chi connectivity index (χ2n) is 4.81. The SMILES string of the molecule is C1CCC2(C1)CC1CC2C1. The molecule has 0 atom stereocenters. The van der Waals surface area contributed by atoms with Gasteiger partial charge >= 0.3 is 0 Å². The summed E-state index contributed by atoms with van der Waals surface area (Å²) in [6.07, 6.45) is 11.1. The van der Waals surface area contributed by atoms with Crippen LogP contribution in [0.15, 0.2) is 0 Å². The quantitative estimate of drug-likeness (QED) is 0.480. The minimum Gasteiger partial charge on any atom is -0.0527 e. The molecule has 0 heteroatoms. The van der Waals surface area contributed by atoms with Gasteiger partial charge < -0.3 is 0 Å². The van der Waals surface area contributed by atoms with E-state index in [1.54, 1.807) is 44.9 Å². The molecule has 0 aromatic carbocycles. The highest BCUT2D eigenvalue weighted by atomic mass is 14.6. The molecule has 0 N–H and O–H groups in total. The van der Waals surface area contributed by atoms with Crippen LogP contribution in [0.5, 0.6) is 0 Å². The number of hydrogen-bond acceptors (Lipinski definition) is 0. The summed E-state index contributed by atoms with van der Waals surface area (Å²) in [5.41, 5.74) is 0.921. The lowest BCUT2D eigenvalue weighted by atomic mass is 9.74. The Kier molecular flexibility index (Phi) is 0.898. The standard InChI is InChI=1S/C10H16/c1-2-4-10(3-1)7-8-5-9(10)6-8/h8-9H,1-7H2. The van der Waals surface area contributed by atoms with E-state index in [9.17, 15) is 0 Å². The molecule has 0 nitrogen and oxygen atoms in total. The molecule has 4 aliphatic carbocycles. The summed E-state index contributed by atoms with van der Waals surface area (Å²) in [5, 5.41) is 0. The average molecular weight is 136 g/mol. The fourth-order valence-corrected chi connectivity index (χ4v) is 3.84. The summed E-state index contributed by atoms with van der Waals surface area (Å²) in [7, 11) is 0. The Balaban J connectivity index is 1.90. The van der Waals surface area contributed by atoms with E-state index in [0.29, 0.717) is 0 Å². The van der Waals surface area contributed by atoms with Gasteiger partial charge in [0.2, 0.25) is 0 Å². The Hall–Kier alpha value is 0. The Morgan fingerprint density at radius 2 is 1.70 bits per heavy atom. The van der Waals surface area contributed by atoms with Gasteiger partial charge in [0.15, 0.2) is 0 Å². The van der Waals surface area contributed by atoms with E-state index in [-0.39, 0.29) is 0 Å². The van der Waals surface area contributed by atoms with Crippen LogP contribution in [0.25, 0.3) is 0 Å². The zero-order valence-corrected chi connectivity index (χ0v) is 6.60. The summed E-state index contributed by atoms with van der Waals surface area (Å²) in [5.74, 6) is 2.38. The van der Waals surface area contributed by atoms with Gasteiger partial charge in [0, 0.05) is 0 Å². The minimum absolute atomic E-state index is 0.921. The van der Waals surface area contributed by atoms with Crippen LogP contribution in [0.4, 0.5) is 0 Å². The molecular formula is C10H16. The zero-order valence-electron chi connectivity index (χ0n) is 6.60. The Morgan fingerprint density at radius 3 is 2.20 bits per heavy atom. The van der Waals surface area contributed by atoms with Crippen molar-refractivity contribution in [3.8, 4) is 0 Å². The Bertz CT molecular complexity index is 147. The summed E-state index contributed by atoms with van der Waals surface area (Å²) >= 11 is 0. The van der Waals surface area contributed by atoms with Crippen LogP contribution >= 0.6 is 0 Å². The van der Waals surface area contributed by atoms with E-state index in [4.69, 9.17) is 0 Å². The molecule has 0 heterocycles. The summed E-state index contributed by atoms with van der Waals surface area (Å²) in [4.78, 5) is 0. The summed E-state index contributed by atoms with van der Waals surface area (Å²) in [6.45, 7) is 0. The van der Waals surface area contributed by atoms with Crippen molar-refractivity contribution in [3.05, 3.63) is 0 Å². The van der Waals surface area contributed by atoms with Gasteiger partial charge in [-0.25, -0.2) is 0 Å². The van der Waals surface area contributed by atoms with Crippen LogP contribution in [0.1, 0.15) is 44.9 Å². The molecule has 0 aromatic heterocycles. The highest BCUT2D eigenvalue weighted by Crippen LogP contribution is 2.65. The molecule has 4 fully saturated rings. The van der Waals surface area contributed by atoms with E-state index in [0.717, 1.165) is 5.41 Å². The molecule has 4 saturated carbocycles. The van der Waals surface area contributed by atoms with Crippen LogP contribution in [0.2, 0.25) is 0 Å². The second-order valence-corrected chi connectivity index (χ2v) is 4.81. The van der Waals surface area contributed by atoms with Crippen LogP contribution < -0.4 is 0 Å². The fraction of sp³-hybridized carbons (Fsp3) is 1.00. The van der Waals surface area contributed by atoms with Crippen LogP contribution in [0.3, 0.4) is 0 Å². The van der Waals surface area contributed by atoms with Gasteiger partial charge in [0.05, 0.1) is 0 Å². The van der Waals surface area contributed by atoms with Crippen molar-refractivity contribution in [2.45, 2.75) is 44.9 Å². The first-order valence-electron chi connectivity index (χ1n) is 4.89. The molecule has 4 rings (SSSR count). The number of hydrogen-bond donors (Lipinski definition) is 0. The van der Waals surface area contributed by atoms with Gasteiger partial charge in [-0.2, -0.15) is 0 Å². The van der Waals surface area contributed by atoms with Crippen molar-refractivity contribution in [2.24, 2.45) is 17.3 Å².